The first kappa shape index (κ1) is 21.8. The first-order chi connectivity index (χ1) is 15.5. The predicted octanol–water partition coefficient (Wildman–Crippen LogP) is 3.98. The second kappa shape index (κ2) is 9.82. The summed E-state index contributed by atoms with van der Waals surface area (Å²) in [6.07, 6.45) is 5.69. The van der Waals surface area contributed by atoms with Gasteiger partial charge in [0, 0.05) is 43.4 Å². The van der Waals surface area contributed by atoms with Gasteiger partial charge in [0.1, 0.15) is 0 Å². The van der Waals surface area contributed by atoms with Crippen LogP contribution in [-0.2, 0) is 22.1 Å². The van der Waals surface area contributed by atoms with Crippen LogP contribution in [-0.4, -0.2) is 32.5 Å². The number of nitrogens with one attached hydrogen (secondary N) is 2. The Morgan fingerprint density at radius 1 is 0.969 bits per heavy atom. The van der Waals surface area contributed by atoms with Crippen LogP contribution >= 0.6 is 0 Å². The van der Waals surface area contributed by atoms with Gasteiger partial charge in [-0.25, -0.2) is 13.2 Å². The largest absolute Gasteiger partial charge is 0.372 e. The highest BCUT2D eigenvalue weighted by atomic mass is 32.2. The average Bonchev–Trinajstić information content (AvgIpc) is 3.34. The summed E-state index contributed by atoms with van der Waals surface area (Å²) in [5.74, 6) is -0.0624. The third kappa shape index (κ3) is 5.64. The summed E-state index contributed by atoms with van der Waals surface area (Å²) in [5.41, 5.74) is 3.25. The molecule has 1 aliphatic heterocycles. The molecule has 166 valence electrons. The lowest BCUT2D eigenvalue weighted by Gasteiger charge is -2.18. The molecule has 2 amide bonds. The molecule has 0 spiro atoms. The number of nitrogens with zero attached hydrogens (tertiary/aromatic N) is 2. The predicted molar refractivity (Wildman–Crippen MR) is 125 cm³/mol. The Kier molecular flexibility index (Phi) is 6.70. The summed E-state index contributed by atoms with van der Waals surface area (Å²) in [7, 11) is -3.50. The Morgan fingerprint density at radius 2 is 1.72 bits per heavy atom. The smallest absolute Gasteiger partial charge is 0.319 e. The van der Waals surface area contributed by atoms with Crippen molar-refractivity contribution >= 4 is 27.2 Å². The molecule has 0 unspecified atom stereocenters. The highest BCUT2D eigenvalue weighted by molar-refractivity contribution is 7.90. The number of sulfone groups is 1. The van der Waals surface area contributed by atoms with E-state index in [4.69, 9.17) is 0 Å². The summed E-state index contributed by atoms with van der Waals surface area (Å²) in [6, 6.07) is 17.3. The van der Waals surface area contributed by atoms with E-state index in [0.717, 1.165) is 29.9 Å². The molecule has 32 heavy (non-hydrogen) atoms. The van der Waals surface area contributed by atoms with Crippen molar-refractivity contribution < 1.29 is 13.2 Å². The Labute approximate surface area is 188 Å². The number of carbonyl (C=O) groups is 1. The lowest BCUT2D eigenvalue weighted by atomic mass is 10.2. The van der Waals surface area contributed by atoms with E-state index in [1.54, 1.807) is 30.6 Å². The molecule has 1 fully saturated rings. The zero-order valence-corrected chi connectivity index (χ0v) is 18.5. The van der Waals surface area contributed by atoms with Crippen LogP contribution in [0, 0.1) is 0 Å². The number of hydrogen-bond donors (Lipinski definition) is 2. The molecule has 2 aromatic carbocycles. The van der Waals surface area contributed by atoms with Crippen LogP contribution in [0.15, 0.2) is 78.0 Å². The third-order valence-electron chi connectivity index (χ3n) is 5.39. The van der Waals surface area contributed by atoms with Crippen LogP contribution in [0.2, 0.25) is 0 Å². The van der Waals surface area contributed by atoms with E-state index >= 15 is 0 Å². The molecule has 7 nitrogen and oxygen atoms in total. The summed E-state index contributed by atoms with van der Waals surface area (Å²) in [6.45, 7) is 2.38. The average molecular weight is 451 g/mol. The van der Waals surface area contributed by atoms with Crippen molar-refractivity contribution in [2.45, 2.75) is 30.0 Å². The van der Waals surface area contributed by atoms with Crippen molar-refractivity contribution in [2.75, 3.05) is 23.3 Å². The van der Waals surface area contributed by atoms with Gasteiger partial charge in [0.05, 0.1) is 10.6 Å². The van der Waals surface area contributed by atoms with Crippen molar-refractivity contribution in [1.29, 1.82) is 0 Å². The summed E-state index contributed by atoms with van der Waals surface area (Å²) in [4.78, 5) is 18.6. The summed E-state index contributed by atoms with van der Waals surface area (Å²) in [5, 5.41) is 5.45. The number of pyridine rings is 1. The van der Waals surface area contributed by atoms with E-state index in [1.165, 1.54) is 25.0 Å². The van der Waals surface area contributed by atoms with Gasteiger partial charge in [0.2, 0.25) is 0 Å². The van der Waals surface area contributed by atoms with E-state index in [-0.39, 0.29) is 16.7 Å². The van der Waals surface area contributed by atoms with Gasteiger partial charge in [0.25, 0.3) is 0 Å². The van der Waals surface area contributed by atoms with E-state index in [2.05, 4.69) is 20.5 Å². The quantitative estimate of drug-likeness (QED) is 0.568. The van der Waals surface area contributed by atoms with Gasteiger partial charge in [-0.05, 0) is 66.4 Å². The molecule has 2 heterocycles. The van der Waals surface area contributed by atoms with Crippen LogP contribution in [0.1, 0.15) is 24.0 Å². The standard InChI is InChI=1S/C24H26N4O3S/c29-24(26-17-20-6-4-12-25-16-20)27-21-8-10-23(11-9-21)32(30,31)18-19-5-3-7-22(15-19)28-13-1-2-14-28/h3-12,15-16H,1-2,13-14,17-18H2,(H2,26,27,29). The number of hydrogen-bond acceptors (Lipinski definition) is 5. The highest BCUT2D eigenvalue weighted by Gasteiger charge is 2.18. The molecule has 1 aromatic heterocycles. The van der Waals surface area contributed by atoms with Crippen molar-refractivity contribution in [3.05, 3.63) is 84.2 Å². The molecule has 0 atom stereocenters. The Bertz CT molecular complexity index is 1160. The number of rotatable bonds is 7. The van der Waals surface area contributed by atoms with E-state index < -0.39 is 9.84 Å². The maximum absolute atomic E-state index is 12.9. The number of anilines is 2. The van der Waals surface area contributed by atoms with E-state index in [1.807, 2.05) is 30.3 Å². The van der Waals surface area contributed by atoms with Crippen LogP contribution in [0.25, 0.3) is 0 Å². The van der Waals surface area contributed by atoms with Gasteiger partial charge in [-0.15, -0.1) is 0 Å². The van der Waals surface area contributed by atoms with Crippen LogP contribution in [0.4, 0.5) is 16.2 Å². The Morgan fingerprint density at radius 3 is 2.44 bits per heavy atom. The first-order valence-corrected chi connectivity index (χ1v) is 12.3. The molecule has 3 aromatic rings. The number of urea groups is 1. The molecule has 1 aliphatic rings. The van der Waals surface area contributed by atoms with Crippen molar-refractivity contribution in [3.8, 4) is 0 Å². The van der Waals surface area contributed by atoms with Crippen LogP contribution in [0.3, 0.4) is 0 Å². The van der Waals surface area contributed by atoms with Gasteiger partial charge < -0.3 is 15.5 Å². The maximum atomic E-state index is 12.9. The van der Waals surface area contributed by atoms with Gasteiger partial charge in [0.15, 0.2) is 9.84 Å². The van der Waals surface area contributed by atoms with Gasteiger partial charge in [-0.2, -0.15) is 0 Å². The Hall–Kier alpha value is -3.39. The number of carbonyl (C=O) groups excluding carboxylic acids is 1. The molecule has 0 radical (unpaired) electrons. The molecule has 0 bridgehead atoms. The van der Waals surface area contributed by atoms with Gasteiger partial charge >= 0.3 is 6.03 Å². The maximum Gasteiger partial charge on any atom is 0.319 e. The van der Waals surface area contributed by atoms with E-state index in [0.29, 0.717) is 12.2 Å². The van der Waals surface area contributed by atoms with Crippen LogP contribution in [0.5, 0.6) is 0 Å². The van der Waals surface area contributed by atoms with Crippen molar-refractivity contribution in [3.63, 3.8) is 0 Å². The fourth-order valence-electron chi connectivity index (χ4n) is 3.73. The van der Waals surface area contributed by atoms with Gasteiger partial charge in [-0.3, -0.25) is 4.98 Å². The molecular formula is C24H26N4O3S. The molecule has 1 saturated heterocycles. The van der Waals surface area contributed by atoms with Crippen molar-refractivity contribution in [1.82, 2.24) is 10.3 Å². The molecule has 0 aliphatic carbocycles. The minimum atomic E-state index is -3.50. The molecule has 4 rings (SSSR count). The SMILES string of the molecule is O=C(NCc1cccnc1)Nc1ccc(S(=O)(=O)Cc2cccc(N3CCCC3)c2)cc1. The lowest BCUT2D eigenvalue weighted by molar-refractivity contribution is 0.251. The molecule has 2 N–H and O–H groups in total. The second-order valence-corrected chi connectivity index (χ2v) is 9.81. The number of benzene rings is 2. The number of aromatic nitrogens is 1. The van der Waals surface area contributed by atoms with Crippen molar-refractivity contribution in [2.24, 2.45) is 0 Å². The zero-order chi connectivity index (χ0) is 22.4. The third-order valence-corrected chi connectivity index (χ3v) is 7.09. The fraction of sp³-hybridized carbons (Fsp3) is 0.250. The zero-order valence-electron chi connectivity index (χ0n) is 17.7. The van der Waals surface area contributed by atoms with Crippen LogP contribution < -0.4 is 15.5 Å². The normalized spacial score (nSPS) is 13.7. The molecule has 8 heteroatoms. The van der Waals surface area contributed by atoms with Gasteiger partial charge in [-0.1, -0.05) is 18.2 Å². The summed E-state index contributed by atoms with van der Waals surface area (Å²) < 4.78 is 25.8. The highest BCUT2D eigenvalue weighted by Crippen LogP contribution is 2.24. The number of amides is 2. The molecular weight excluding hydrogens is 424 g/mol. The topological polar surface area (TPSA) is 91.4 Å². The lowest BCUT2D eigenvalue weighted by Crippen LogP contribution is -2.28. The molecule has 0 saturated carbocycles. The Balaban J connectivity index is 1.36. The fourth-order valence-corrected chi connectivity index (χ4v) is 5.06. The minimum absolute atomic E-state index is 0.0624. The van der Waals surface area contributed by atoms with E-state index in [9.17, 15) is 13.2 Å². The minimum Gasteiger partial charge on any atom is -0.372 e. The summed E-state index contributed by atoms with van der Waals surface area (Å²) >= 11 is 0. The monoisotopic (exact) mass is 450 g/mol. The first-order valence-electron chi connectivity index (χ1n) is 10.6. The second-order valence-electron chi connectivity index (χ2n) is 7.82.